The van der Waals surface area contributed by atoms with Crippen molar-refractivity contribution in [3.63, 3.8) is 0 Å². The number of anilines is 3. The van der Waals surface area contributed by atoms with Crippen molar-refractivity contribution >= 4 is 28.6 Å². The Bertz CT molecular complexity index is 1200. The topological polar surface area (TPSA) is 79.0 Å². The van der Waals surface area contributed by atoms with Crippen LogP contribution in [0.2, 0.25) is 0 Å². The molecule has 0 radical (unpaired) electrons. The highest BCUT2D eigenvalue weighted by Gasteiger charge is 2.21. The van der Waals surface area contributed by atoms with Gasteiger partial charge in [-0.2, -0.15) is 15.0 Å². The number of nitrogens with one attached hydrogen (secondary N) is 2. The number of halogens is 1. The van der Waals surface area contributed by atoms with E-state index in [1.165, 1.54) is 18.6 Å². The first-order valence-electron chi connectivity index (χ1n) is 11.4. The maximum absolute atomic E-state index is 13.2. The molecule has 0 spiro atoms. The van der Waals surface area contributed by atoms with Crippen LogP contribution in [0.4, 0.5) is 21.8 Å². The quantitative estimate of drug-likeness (QED) is 0.370. The number of aryl methyl sites for hydroxylation is 1. The lowest BCUT2D eigenvalue weighted by atomic mass is 10.1. The van der Waals surface area contributed by atoms with Crippen molar-refractivity contribution in [3.8, 4) is 11.8 Å². The Hall–Kier alpha value is -3.68. The van der Waals surface area contributed by atoms with Crippen molar-refractivity contribution in [3.05, 3.63) is 59.9 Å². The van der Waals surface area contributed by atoms with Crippen molar-refractivity contribution in [2.24, 2.45) is 0 Å². The van der Waals surface area contributed by atoms with Gasteiger partial charge in [0.25, 0.3) is 0 Å². The SMILES string of the molecule is CC.Cc1cccc(Nc2nc3nc(Oc4ccc(F)cc4)nc(N4CCCCC4)c3[nH]2)c1. The van der Waals surface area contributed by atoms with E-state index in [1.54, 1.807) is 12.1 Å². The van der Waals surface area contributed by atoms with Gasteiger partial charge in [0.05, 0.1) is 0 Å². The molecule has 2 aromatic heterocycles. The second kappa shape index (κ2) is 10.3. The summed E-state index contributed by atoms with van der Waals surface area (Å²) in [5, 5.41) is 3.30. The summed E-state index contributed by atoms with van der Waals surface area (Å²) in [7, 11) is 0. The van der Waals surface area contributed by atoms with Crippen molar-refractivity contribution in [1.29, 1.82) is 0 Å². The third-order valence-electron chi connectivity index (χ3n) is 5.27. The van der Waals surface area contributed by atoms with Gasteiger partial charge in [-0.05, 0) is 68.1 Å². The second-order valence-electron chi connectivity index (χ2n) is 7.71. The van der Waals surface area contributed by atoms with E-state index in [4.69, 9.17) is 4.74 Å². The van der Waals surface area contributed by atoms with Gasteiger partial charge in [0, 0.05) is 18.8 Å². The molecule has 33 heavy (non-hydrogen) atoms. The smallest absolute Gasteiger partial charge is 0.326 e. The van der Waals surface area contributed by atoms with Crippen molar-refractivity contribution in [1.82, 2.24) is 19.9 Å². The van der Waals surface area contributed by atoms with Crippen LogP contribution in [0.3, 0.4) is 0 Å². The number of nitrogens with zero attached hydrogens (tertiary/aromatic N) is 4. The predicted octanol–water partition coefficient (Wildman–Crippen LogP) is 6.35. The summed E-state index contributed by atoms with van der Waals surface area (Å²) < 4.78 is 19.1. The lowest BCUT2D eigenvalue weighted by Crippen LogP contribution is -2.30. The molecule has 0 bridgehead atoms. The standard InChI is InChI=1S/C23H23FN6O.C2H6/c1-15-6-5-7-17(14-15)25-22-26-19-20(27-22)28-23(31-18-10-8-16(24)9-11-18)29-21(19)30-12-3-2-4-13-30;1-2/h5-11,14H,2-4,12-13H2,1H3,(H2,25,26,27,28,29);1-2H3. The fraction of sp³-hybridized carbons (Fsp3) is 0.320. The van der Waals surface area contributed by atoms with E-state index in [-0.39, 0.29) is 11.8 Å². The van der Waals surface area contributed by atoms with Gasteiger partial charge in [0.15, 0.2) is 11.5 Å². The Morgan fingerprint density at radius 2 is 1.73 bits per heavy atom. The molecule has 8 heteroatoms. The maximum atomic E-state index is 13.2. The maximum Gasteiger partial charge on any atom is 0.326 e. The summed E-state index contributed by atoms with van der Waals surface area (Å²) in [6.07, 6.45) is 3.44. The molecule has 1 aliphatic heterocycles. The molecular formula is C25H29FN6O. The van der Waals surface area contributed by atoms with Gasteiger partial charge in [-0.3, -0.25) is 0 Å². The number of ether oxygens (including phenoxy) is 1. The van der Waals surface area contributed by atoms with Gasteiger partial charge in [-0.15, -0.1) is 0 Å². The molecule has 3 heterocycles. The van der Waals surface area contributed by atoms with Crippen LogP contribution in [0.5, 0.6) is 11.8 Å². The normalized spacial score (nSPS) is 13.4. The number of fused-ring (bicyclic) bond motifs is 1. The van der Waals surface area contributed by atoms with E-state index in [0.717, 1.165) is 48.5 Å². The number of imidazole rings is 1. The van der Waals surface area contributed by atoms with Crippen LogP contribution >= 0.6 is 0 Å². The first-order valence-corrected chi connectivity index (χ1v) is 11.4. The third-order valence-corrected chi connectivity index (χ3v) is 5.27. The van der Waals surface area contributed by atoms with Crippen LogP contribution in [-0.2, 0) is 0 Å². The monoisotopic (exact) mass is 448 g/mol. The molecule has 2 aromatic carbocycles. The second-order valence-corrected chi connectivity index (χ2v) is 7.71. The Morgan fingerprint density at radius 3 is 2.45 bits per heavy atom. The van der Waals surface area contributed by atoms with Crippen LogP contribution in [0.25, 0.3) is 11.2 Å². The van der Waals surface area contributed by atoms with Crippen LogP contribution < -0.4 is 15.0 Å². The average Bonchev–Trinajstić information content (AvgIpc) is 3.24. The number of hydrogen-bond acceptors (Lipinski definition) is 6. The Kier molecular flexibility index (Phi) is 7.02. The Morgan fingerprint density at radius 1 is 0.970 bits per heavy atom. The van der Waals surface area contributed by atoms with E-state index < -0.39 is 0 Å². The highest BCUT2D eigenvalue weighted by molar-refractivity contribution is 5.86. The molecule has 0 saturated carbocycles. The molecule has 1 saturated heterocycles. The van der Waals surface area contributed by atoms with Gasteiger partial charge in [-0.25, -0.2) is 4.39 Å². The lowest BCUT2D eigenvalue weighted by molar-refractivity contribution is 0.441. The third kappa shape index (κ3) is 5.39. The van der Waals surface area contributed by atoms with Crippen molar-refractivity contribution in [2.75, 3.05) is 23.3 Å². The van der Waals surface area contributed by atoms with E-state index in [0.29, 0.717) is 17.3 Å². The fourth-order valence-corrected chi connectivity index (χ4v) is 3.77. The van der Waals surface area contributed by atoms with Crippen LogP contribution in [0.15, 0.2) is 48.5 Å². The molecule has 2 N–H and O–H groups in total. The highest BCUT2D eigenvalue weighted by atomic mass is 19.1. The van der Waals surface area contributed by atoms with Gasteiger partial charge in [0.2, 0.25) is 5.95 Å². The summed E-state index contributed by atoms with van der Waals surface area (Å²) in [6.45, 7) is 7.88. The molecular weight excluding hydrogens is 419 g/mol. The predicted molar refractivity (Wildman–Crippen MR) is 130 cm³/mol. The molecule has 0 aliphatic carbocycles. The summed E-state index contributed by atoms with van der Waals surface area (Å²) in [4.78, 5) is 19.4. The minimum Gasteiger partial charge on any atom is -0.424 e. The van der Waals surface area contributed by atoms with Gasteiger partial charge < -0.3 is 19.9 Å². The zero-order chi connectivity index (χ0) is 23.2. The molecule has 172 valence electrons. The Balaban J connectivity index is 0.00000126. The summed E-state index contributed by atoms with van der Waals surface area (Å²) in [5.41, 5.74) is 3.38. The molecule has 4 aromatic rings. The van der Waals surface area contributed by atoms with Gasteiger partial charge >= 0.3 is 6.01 Å². The average molecular weight is 449 g/mol. The fourth-order valence-electron chi connectivity index (χ4n) is 3.77. The number of aromatic amines is 1. The van der Waals surface area contributed by atoms with E-state index in [9.17, 15) is 4.39 Å². The number of aromatic nitrogens is 4. The molecule has 0 unspecified atom stereocenters. The Labute approximate surface area is 193 Å². The van der Waals surface area contributed by atoms with Crippen LogP contribution in [0, 0.1) is 12.7 Å². The van der Waals surface area contributed by atoms with Gasteiger partial charge in [-0.1, -0.05) is 26.0 Å². The summed E-state index contributed by atoms with van der Waals surface area (Å²) in [5.74, 6) is 1.51. The number of rotatable bonds is 5. The lowest BCUT2D eigenvalue weighted by Gasteiger charge is -2.27. The minimum atomic E-state index is -0.322. The molecule has 1 aliphatic rings. The first kappa shape index (κ1) is 22.5. The van der Waals surface area contributed by atoms with E-state index in [2.05, 4.69) is 30.2 Å². The highest BCUT2D eigenvalue weighted by Crippen LogP contribution is 2.30. The van der Waals surface area contributed by atoms with E-state index in [1.807, 2.05) is 45.0 Å². The zero-order valence-electron chi connectivity index (χ0n) is 19.2. The van der Waals surface area contributed by atoms with E-state index >= 15 is 0 Å². The number of H-pyrrole nitrogens is 1. The van der Waals surface area contributed by atoms with Crippen molar-refractivity contribution in [2.45, 2.75) is 40.0 Å². The van der Waals surface area contributed by atoms with Crippen LogP contribution in [-0.4, -0.2) is 33.0 Å². The summed E-state index contributed by atoms with van der Waals surface area (Å²) >= 11 is 0. The largest absolute Gasteiger partial charge is 0.424 e. The van der Waals surface area contributed by atoms with Gasteiger partial charge in [0.1, 0.15) is 17.1 Å². The first-order chi connectivity index (χ1) is 16.1. The summed E-state index contributed by atoms with van der Waals surface area (Å²) in [6, 6.07) is 14.1. The number of piperidine rings is 1. The molecule has 0 atom stereocenters. The number of hydrogen-bond donors (Lipinski definition) is 2. The molecule has 1 fully saturated rings. The number of benzene rings is 2. The van der Waals surface area contributed by atoms with Crippen molar-refractivity contribution < 1.29 is 9.13 Å². The molecule has 0 amide bonds. The molecule has 7 nitrogen and oxygen atoms in total. The molecule has 5 rings (SSSR count). The minimum absolute atomic E-state index is 0.188. The zero-order valence-corrected chi connectivity index (χ0v) is 19.2. The van der Waals surface area contributed by atoms with Crippen LogP contribution in [0.1, 0.15) is 38.7 Å².